The lowest BCUT2D eigenvalue weighted by Gasteiger charge is -2.38. The highest BCUT2D eigenvalue weighted by atomic mass is 35.5. The normalized spacial score (nSPS) is 20.6. The summed E-state index contributed by atoms with van der Waals surface area (Å²) in [5, 5.41) is 12.6. The molecule has 0 bridgehead atoms. The van der Waals surface area contributed by atoms with Crippen molar-refractivity contribution in [2.75, 3.05) is 19.6 Å². The first-order valence-corrected chi connectivity index (χ1v) is 20.3. The zero-order valence-electron chi connectivity index (χ0n) is 30.4. The SMILES string of the molecule is C=CCNC(=O)C(=O)C(CCCC)NC(=O)[C@@H]1[C@@H](C(Cl)Cl)CCN1C(=O)[C@@H](NC(=O)N[C@H](CN1Cc2sccc2S1(=O)=O)C(C)(C)C)C(C)(C)C. The maximum atomic E-state index is 14.4. The van der Waals surface area contributed by atoms with Gasteiger partial charge < -0.3 is 26.2 Å². The van der Waals surface area contributed by atoms with Gasteiger partial charge in [-0.25, -0.2) is 13.2 Å². The number of nitrogens with zero attached hydrogens (tertiary/aromatic N) is 2. The number of amides is 5. The molecule has 0 aliphatic carbocycles. The van der Waals surface area contributed by atoms with Gasteiger partial charge in [0.2, 0.25) is 27.6 Å². The minimum absolute atomic E-state index is 0.0151. The Morgan fingerprint density at radius 1 is 1.06 bits per heavy atom. The summed E-state index contributed by atoms with van der Waals surface area (Å²) in [6.07, 6.45) is 3.16. The van der Waals surface area contributed by atoms with Crippen LogP contribution in [0.2, 0.25) is 0 Å². The van der Waals surface area contributed by atoms with Gasteiger partial charge in [0.15, 0.2) is 0 Å². The van der Waals surface area contributed by atoms with Crippen LogP contribution in [0.25, 0.3) is 0 Å². The van der Waals surface area contributed by atoms with Crippen molar-refractivity contribution in [3.05, 3.63) is 29.0 Å². The number of sulfonamides is 1. The highest BCUT2D eigenvalue weighted by Gasteiger charge is 2.49. The van der Waals surface area contributed by atoms with Gasteiger partial charge >= 0.3 is 6.03 Å². The van der Waals surface area contributed by atoms with Crippen LogP contribution in [-0.4, -0.2) is 95.8 Å². The third-order valence-electron chi connectivity index (χ3n) is 9.20. The largest absolute Gasteiger partial charge is 0.346 e. The van der Waals surface area contributed by atoms with E-state index in [-0.39, 0.29) is 43.9 Å². The molecule has 0 spiro atoms. The summed E-state index contributed by atoms with van der Waals surface area (Å²) in [6, 6.07) is -3.22. The summed E-state index contributed by atoms with van der Waals surface area (Å²) in [6.45, 7) is 16.8. The quantitative estimate of drug-likeness (QED) is 0.118. The first-order valence-electron chi connectivity index (χ1n) is 17.1. The van der Waals surface area contributed by atoms with E-state index in [0.29, 0.717) is 12.8 Å². The monoisotopic (exact) mass is 790 g/mol. The van der Waals surface area contributed by atoms with E-state index in [1.54, 1.807) is 32.2 Å². The fourth-order valence-corrected chi connectivity index (χ4v) is 9.57. The van der Waals surface area contributed by atoms with Gasteiger partial charge in [-0.2, -0.15) is 4.31 Å². The molecular weight excluding hydrogens is 739 g/mol. The maximum Gasteiger partial charge on any atom is 0.315 e. The Kier molecular flexibility index (Phi) is 14.6. The second kappa shape index (κ2) is 17.4. The standard InChI is InChI=1S/C34H52Cl2N6O7S2/c1-9-11-12-21(26(43)30(45)37-15-10-2)38-29(44)25-20(28(35)36)13-16-42(25)31(46)27(34(6,7)8)40-32(47)39-24(33(3,4)5)19-41-18-22-23(14-17-50-22)51(41,48)49/h10,14,17,20-21,24-25,27-28H,2,9,11-13,15-16,18-19H2,1,3-8H3,(H,37,45)(H,38,44)(H2,39,40,47)/t20-,21?,24+,25-,27+/m0/s1. The Bertz CT molecular complexity index is 1570. The molecule has 0 aromatic carbocycles. The molecule has 13 nitrogen and oxygen atoms in total. The van der Waals surface area contributed by atoms with Gasteiger partial charge in [-0.3, -0.25) is 19.2 Å². The van der Waals surface area contributed by atoms with E-state index in [2.05, 4.69) is 27.8 Å². The molecular formula is C34H52Cl2N6O7S2. The van der Waals surface area contributed by atoms with E-state index in [9.17, 15) is 32.4 Å². The van der Waals surface area contributed by atoms with Crippen molar-refractivity contribution in [1.82, 2.24) is 30.5 Å². The number of ketones is 1. The van der Waals surface area contributed by atoms with Gasteiger partial charge in [-0.1, -0.05) is 67.4 Å². The van der Waals surface area contributed by atoms with Crippen LogP contribution < -0.4 is 21.3 Å². The van der Waals surface area contributed by atoms with E-state index in [4.69, 9.17) is 23.2 Å². The molecule has 17 heteroatoms. The predicted molar refractivity (Wildman–Crippen MR) is 199 cm³/mol. The second-order valence-corrected chi connectivity index (χ2v) is 19.2. The van der Waals surface area contributed by atoms with Gasteiger partial charge in [0.25, 0.3) is 5.91 Å². The molecule has 3 rings (SSSR count). The number of Topliss-reactive ketones (excluding diaryl/α,β-unsaturated/α-hetero) is 1. The summed E-state index contributed by atoms with van der Waals surface area (Å²) in [7, 11) is -3.72. The number of hydrogen-bond acceptors (Lipinski definition) is 8. The average molecular weight is 792 g/mol. The fraction of sp³-hybridized carbons (Fsp3) is 0.676. The molecule has 2 aliphatic heterocycles. The van der Waals surface area contributed by atoms with Crippen molar-refractivity contribution in [3.63, 3.8) is 0 Å². The maximum absolute atomic E-state index is 14.4. The predicted octanol–water partition coefficient (Wildman–Crippen LogP) is 3.95. The van der Waals surface area contributed by atoms with E-state index < -0.39 is 85.3 Å². The van der Waals surface area contributed by atoms with Crippen molar-refractivity contribution in [2.24, 2.45) is 16.7 Å². The summed E-state index contributed by atoms with van der Waals surface area (Å²) < 4.78 is 27.7. The Morgan fingerprint density at radius 3 is 2.27 bits per heavy atom. The van der Waals surface area contributed by atoms with Crippen LogP contribution in [0.5, 0.6) is 0 Å². The molecule has 2 aliphatic rings. The topological polar surface area (TPSA) is 174 Å². The van der Waals surface area contributed by atoms with Crippen molar-refractivity contribution < 1.29 is 32.4 Å². The molecule has 5 atom stereocenters. The molecule has 0 saturated carbocycles. The lowest BCUT2D eigenvalue weighted by atomic mass is 9.85. The van der Waals surface area contributed by atoms with Crippen LogP contribution >= 0.6 is 34.5 Å². The Hall–Kier alpha value is -2.72. The summed E-state index contributed by atoms with van der Waals surface area (Å²) in [5.74, 6) is -3.63. The molecule has 51 heavy (non-hydrogen) atoms. The highest BCUT2D eigenvalue weighted by molar-refractivity contribution is 7.89. The molecule has 0 radical (unpaired) electrons. The third-order valence-corrected chi connectivity index (χ3v) is 12.8. The van der Waals surface area contributed by atoms with Crippen LogP contribution in [0.3, 0.4) is 0 Å². The number of rotatable bonds is 15. The number of hydrogen-bond donors (Lipinski definition) is 4. The van der Waals surface area contributed by atoms with E-state index in [1.807, 2.05) is 27.7 Å². The Labute approximate surface area is 315 Å². The van der Waals surface area contributed by atoms with Gasteiger partial charge in [0, 0.05) is 43.0 Å². The molecule has 4 N–H and O–H groups in total. The van der Waals surface area contributed by atoms with E-state index in [1.165, 1.54) is 26.6 Å². The molecule has 1 unspecified atom stereocenters. The zero-order valence-corrected chi connectivity index (χ0v) is 33.5. The lowest BCUT2D eigenvalue weighted by Crippen LogP contribution is -2.62. The zero-order chi connectivity index (χ0) is 38.5. The Morgan fingerprint density at radius 2 is 1.73 bits per heavy atom. The Balaban J connectivity index is 1.83. The number of nitrogens with one attached hydrogen (secondary N) is 4. The number of alkyl halides is 2. The van der Waals surface area contributed by atoms with Crippen LogP contribution in [-0.2, 0) is 35.7 Å². The smallest absolute Gasteiger partial charge is 0.315 e. The molecule has 1 fully saturated rings. The van der Waals surface area contributed by atoms with Gasteiger partial charge in [-0.05, 0) is 35.1 Å². The van der Waals surface area contributed by atoms with Gasteiger partial charge in [0.05, 0.1) is 10.9 Å². The number of carbonyl (C=O) groups is 5. The van der Waals surface area contributed by atoms with Crippen LogP contribution in [0.1, 0.15) is 79.0 Å². The van der Waals surface area contributed by atoms with Gasteiger partial charge in [-0.15, -0.1) is 41.1 Å². The van der Waals surface area contributed by atoms with Crippen molar-refractivity contribution in [2.45, 2.75) is 115 Å². The van der Waals surface area contributed by atoms with Gasteiger partial charge in [0.1, 0.15) is 16.9 Å². The first-order chi connectivity index (χ1) is 23.6. The minimum atomic E-state index is -3.72. The number of halogens is 2. The second-order valence-electron chi connectivity index (χ2n) is 15.2. The average Bonchev–Trinajstić information content (AvgIpc) is 3.75. The van der Waals surface area contributed by atoms with Crippen LogP contribution in [0.15, 0.2) is 29.0 Å². The van der Waals surface area contributed by atoms with E-state index in [0.717, 1.165) is 4.88 Å². The fourth-order valence-electron chi connectivity index (χ4n) is 6.11. The van der Waals surface area contributed by atoms with Crippen LogP contribution in [0, 0.1) is 16.7 Å². The lowest BCUT2D eigenvalue weighted by molar-refractivity contribution is -0.144. The molecule has 286 valence electrons. The number of unbranched alkanes of at least 4 members (excludes halogenated alkanes) is 1. The van der Waals surface area contributed by atoms with Crippen molar-refractivity contribution >= 4 is 74.1 Å². The molecule has 1 aromatic rings. The van der Waals surface area contributed by atoms with Crippen molar-refractivity contribution in [3.8, 4) is 0 Å². The van der Waals surface area contributed by atoms with Crippen molar-refractivity contribution in [1.29, 1.82) is 0 Å². The van der Waals surface area contributed by atoms with E-state index >= 15 is 0 Å². The number of thiophene rings is 1. The third kappa shape index (κ3) is 10.5. The number of urea groups is 1. The summed E-state index contributed by atoms with van der Waals surface area (Å²) in [4.78, 5) is 68.8. The minimum Gasteiger partial charge on any atom is -0.346 e. The molecule has 1 saturated heterocycles. The number of fused-ring (bicyclic) bond motifs is 1. The first kappa shape index (κ1) is 42.7. The number of likely N-dealkylation sites (tertiary alicyclic amines) is 1. The summed E-state index contributed by atoms with van der Waals surface area (Å²) >= 11 is 14.0. The van der Waals surface area contributed by atoms with Crippen LogP contribution in [0.4, 0.5) is 4.79 Å². The molecule has 5 amide bonds. The molecule has 1 aromatic heterocycles. The number of carbonyl (C=O) groups excluding carboxylic acids is 5. The summed E-state index contributed by atoms with van der Waals surface area (Å²) in [5.41, 5.74) is -1.42. The highest BCUT2D eigenvalue weighted by Crippen LogP contribution is 2.36. The molecule has 3 heterocycles.